The molecule has 0 aliphatic rings. The van der Waals surface area contributed by atoms with Crippen molar-refractivity contribution in [2.75, 3.05) is 7.11 Å². The Bertz CT molecular complexity index is 459. The fourth-order valence-corrected chi connectivity index (χ4v) is 3.44. The zero-order valence-electron chi connectivity index (χ0n) is 17.0. The van der Waals surface area contributed by atoms with Crippen LogP contribution in [0.4, 0.5) is 0 Å². The number of rotatable bonds is 16. The van der Waals surface area contributed by atoms with Crippen LogP contribution in [-0.4, -0.2) is 17.3 Å². The topological polar surface area (TPSA) is 49.7 Å². The van der Waals surface area contributed by atoms with Crippen LogP contribution in [0.1, 0.15) is 108 Å². The largest absolute Gasteiger partial charge is 0.504 e. The molecular formula is C23H40O3. The van der Waals surface area contributed by atoms with Crippen LogP contribution in [0, 0.1) is 0 Å². The van der Waals surface area contributed by atoms with Gasteiger partial charge in [-0.3, -0.25) is 0 Å². The van der Waals surface area contributed by atoms with Gasteiger partial charge >= 0.3 is 0 Å². The lowest BCUT2D eigenvalue weighted by Crippen LogP contribution is -1.98. The van der Waals surface area contributed by atoms with Crippen LogP contribution in [0.25, 0.3) is 0 Å². The summed E-state index contributed by atoms with van der Waals surface area (Å²) in [4.78, 5) is 0. The molecule has 150 valence electrons. The van der Waals surface area contributed by atoms with Gasteiger partial charge in [-0.05, 0) is 24.1 Å². The zero-order chi connectivity index (χ0) is 19.0. The molecule has 0 amide bonds. The Balaban J connectivity index is 1.96. The van der Waals surface area contributed by atoms with Crippen LogP contribution >= 0.6 is 0 Å². The van der Waals surface area contributed by atoms with Gasteiger partial charge in [-0.1, -0.05) is 96.5 Å². The summed E-state index contributed by atoms with van der Waals surface area (Å²) in [6.45, 7) is 2.27. The first-order valence-electron chi connectivity index (χ1n) is 10.7. The third-order valence-electron chi connectivity index (χ3n) is 5.17. The third kappa shape index (κ3) is 10.1. The molecule has 0 fully saturated rings. The molecule has 0 saturated carbocycles. The lowest BCUT2D eigenvalue weighted by molar-refractivity contribution is 0.163. The number of aromatic hydroxyl groups is 1. The molecule has 2 N–H and O–H groups in total. The first-order chi connectivity index (χ1) is 12.7. The Kier molecular flexibility index (Phi) is 13.1. The van der Waals surface area contributed by atoms with Gasteiger partial charge in [0, 0.05) is 0 Å². The average Bonchev–Trinajstić information content (AvgIpc) is 2.65. The van der Waals surface area contributed by atoms with Gasteiger partial charge in [0.2, 0.25) is 0 Å². The van der Waals surface area contributed by atoms with Gasteiger partial charge < -0.3 is 14.9 Å². The average molecular weight is 365 g/mol. The summed E-state index contributed by atoms with van der Waals surface area (Å²) in [7, 11) is 1.53. The zero-order valence-corrected chi connectivity index (χ0v) is 17.0. The molecule has 3 heteroatoms. The molecule has 1 rings (SSSR count). The van der Waals surface area contributed by atoms with Crippen molar-refractivity contribution in [1.82, 2.24) is 0 Å². The smallest absolute Gasteiger partial charge is 0.160 e. The number of ether oxygens (including phenoxy) is 1. The monoisotopic (exact) mass is 364 g/mol. The molecule has 0 saturated heterocycles. The van der Waals surface area contributed by atoms with Crippen molar-refractivity contribution in [1.29, 1.82) is 0 Å². The van der Waals surface area contributed by atoms with E-state index in [0.29, 0.717) is 5.75 Å². The Morgan fingerprint density at radius 3 is 1.77 bits per heavy atom. The highest BCUT2D eigenvalue weighted by Gasteiger charge is 2.10. The van der Waals surface area contributed by atoms with E-state index in [0.717, 1.165) is 18.4 Å². The maximum Gasteiger partial charge on any atom is 0.160 e. The van der Waals surface area contributed by atoms with E-state index in [4.69, 9.17) is 4.74 Å². The molecule has 1 aromatic rings. The second kappa shape index (κ2) is 14.9. The minimum atomic E-state index is -0.500. The summed E-state index contributed by atoms with van der Waals surface area (Å²) in [5.41, 5.74) is 0.766. The van der Waals surface area contributed by atoms with Crippen molar-refractivity contribution in [3.63, 3.8) is 0 Å². The lowest BCUT2D eigenvalue weighted by Gasteiger charge is -2.12. The summed E-state index contributed by atoms with van der Waals surface area (Å²) in [5, 5.41) is 20.0. The highest BCUT2D eigenvalue weighted by Crippen LogP contribution is 2.30. The van der Waals surface area contributed by atoms with Crippen molar-refractivity contribution < 1.29 is 14.9 Å². The highest BCUT2D eigenvalue weighted by molar-refractivity contribution is 5.42. The van der Waals surface area contributed by atoms with Gasteiger partial charge in [0.15, 0.2) is 11.5 Å². The van der Waals surface area contributed by atoms with Crippen molar-refractivity contribution in [2.24, 2.45) is 0 Å². The maximum absolute atomic E-state index is 10.2. The number of hydrogen-bond acceptors (Lipinski definition) is 3. The maximum atomic E-state index is 10.2. The first kappa shape index (κ1) is 22.8. The Hall–Kier alpha value is -1.22. The standard InChI is InChI=1S/C23H40O3/c1-3-4-5-6-7-8-9-10-11-12-13-14-15-16-21(24)20-17-18-23(26-2)22(25)19-20/h17-19,21,24-25H,3-16H2,1-2H3. The molecule has 0 bridgehead atoms. The molecule has 0 heterocycles. The molecule has 1 aromatic carbocycles. The fraction of sp³-hybridized carbons (Fsp3) is 0.739. The number of phenolic OH excluding ortho intramolecular Hbond substituents is 1. The van der Waals surface area contributed by atoms with Gasteiger partial charge in [0.1, 0.15) is 0 Å². The van der Waals surface area contributed by atoms with E-state index in [2.05, 4.69) is 6.92 Å². The normalized spacial score (nSPS) is 12.3. The third-order valence-corrected chi connectivity index (χ3v) is 5.17. The molecular weight excluding hydrogens is 324 g/mol. The quantitative estimate of drug-likeness (QED) is 0.313. The van der Waals surface area contributed by atoms with Gasteiger partial charge in [-0.25, -0.2) is 0 Å². The van der Waals surface area contributed by atoms with Crippen LogP contribution in [0.3, 0.4) is 0 Å². The molecule has 0 aliphatic carbocycles. The van der Waals surface area contributed by atoms with Crippen LogP contribution in [0.15, 0.2) is 18.2 Å². The number of unbranched alkanes of at least 4 members (excludes halogenated alkanes) is 12. The fourth-order valence-electron chi connectivity index (χ4n) is 3.44. The summed E-state index contributed by atoms with van der Waals surface area (Å²) in [5.74, 6) is 0.538. The van der Waals surface area contributed by atoms with E-state index in [-0.39, 0.29) is 5.75 Å². The molecule has 0 aromatic heterocycles. The molecule has 0 radical (unpaired) electrons. The van der Waals surface area contributed by atoms with E-state index in [1.54, 1.807) is 12.1 Å². The van der Waals surface area contributed by atoms with Gasteiger partial charge in [0.05, 0.1) is 13.2 Å². The Morgan fingerprint density at radius 2 is 1.31 bits per heavy atom. The molecule has 0 spiro atoms. The van der Waals surface area contributed by atoms with Crippen LogP contribution in [0.5, 0.6) is 11.5 Å². The van der Waals surface area contributed by atoms with E-state index < -0.39 is 6.10 Å². The Morgan fingerprint density at radius 1 is 0.808 bits per heavy atom. The number of hydrogen-bond donors (Lipinski definition) is 2. The molecule has 3 nitrogen and oxygen atoms in total. The van der Waals surface area contributed by atoms with Gasteiger partial charge in [-0.2, -0.15) is 0 Å². The molecule has 26 heavy (non-hydrogen) atoms. The second-order valence-corrected chi connectivity index (χ2v) is 7.48. The van der Waals surface area contributed by atoms with E-state index in [9.17, 15) is 10.2 Å². The highest BCUT2D eigenvalue weighted by atomic mass is 16.5. The predicted octanol–water partition coefficient (Wildman–Crippen LogP) is 6.92. The van der Waals surface area contributed by atoms with Crippen molar-refractivity contribution in [3.8, 4) is 11.5 Å². The predicted molar refractivity (Wildman–Crippen MR) is 110 cm³/mol. The van der Waals surface area contributed by atoms with Crippen molar-refractivity contribution in [2.45, 2.75) is 103 Å². The minimum absolute atomic E-state index is 0.0920. The van der Waals surface area contributed by atoms with E-state index >= 15 is 0 Å². The van der Waals surface area contributed by atoms with Crippen LogP contribution in [0.2, 0.25) is 0 Å². The van der Waals surface area contributed by atoms with Crippen LogP contribution < -0.4 is 4.74 Å². The number of benzene rings is 1. The van der Waals surface area contributed by atoms with Crippen LogP contribution in [-0.2, 0) is 0 Å². The van der Waals surface area contributed by atoms with Crippen molar-refractivity contribution >= 4 is 0 Å². The minimum Gasteiger partial charge on any atom is -0.504 e. The Labute approximate surface area is 160 Å². The summed E-state index contributed by atoms with van der Waals surface area (Å²) in [6, 6.07) is 5.13. The first-order valence-corrected chi connectivity index (χ1v) is 10.7. The van der Waals surface area contributed by atoms with Gasteiger partial charge in [0.25, 0.3) is 0 Å². The number of phenols is 1. The van der Waals surface area contributed by atoms with Gasteiger partial charge in [-0.15, -0.1) is 0 Å². The van der Waals surface area contributed by atoms with E-state index in [1.807, 2.05) is 6.07 Å². The number of methoxy groups -OCH3 is 1. The number of aliphatic hydroxyl groups is 1. The molecule has 1 unspecified atom stereocenters. The summed E-state index contributed by atoms with van der Waals surface area (Å²) >= 11 is 0. The lowest BCUT2D eigenvalue weighted by atomic mass is 10.0. The van der Waals surface area contributed by atoms with Crippen molar-refractivity contribution in [3.05, 3.63) is 23.8 Å². The molecule has 1 atom stereocenters. The summed E-state index contributed by atoms with van der Waals surface area (Å²) < 4.78 is 5.03. The van der Waals surface area contributed by atoms with E-state index in [1.165, 1.54) is 84.2 Å². The number of aliphatic hydroxyl groups excluding tert-OH is 1. The second-order valence-electron chi connectivity index (χ2n) is 7.48. The summed E-state index contributed by atoms with van der Waals surface area (Å²) in [6.07, 6.45) is 17.5. The molecule has 0 aliphatic heterocycles. The SMILES string of the molecule is CCCCCCCCCCCCCCCC(O)c1ccc(OC)c(O)c1.